The number of rotatable bonds is 1. The van der Waals surface area contributed by atoms with Crippen molar-refractivity contribution in [3.05, 3.63) is 65.3 Å². The Labute approximate surface area is 158 Å². The molecule has 0 saturated heterocycles. The minimum absolute atomic E-state index is 0.0165. The monoisotopic (exact) mass is 348 g/mol. The minimum atomic E-state index is -0.127. The Hall–Kier alpha value is -1.89. The molecule has 138 valence electrons. The average Bonchev–Trinajstić information content (AvgIpc) is 2.56. The molecule has 1 spiro atoms. The first-order valence-electron chi connectivity index (χ1n) is 9.78. The number of hydrogen-bond acceptors (Lipinski definition) is 1. The van der Waals surface area contributed by atoms with Gasteiger partial charge in [-0.05, 0) is 41.2 Å². The zero-order valence-electron chi connectivity index (χ0n) is 17.1. The molecule has 0 unspecified atom stereocenters. The maximum absolute atomic E-state index is 13.2. The molecule has 0 N–H and O–H groups in total. The minimum Gasteiger partial charge on any atom is -0.289 e. The third kappa shape index (κ3) is 3.63. The topological polar surface area (TPSA) is 17.1 Å². The van der Waals surface area contributed by atoms with Crippen LogP contribution in [0.25, 0.3) is 5.57 Å². The lowest BCUT2D eigenvalue weighted by Gasteiger charge is -2.41. The average molecular weight is 349 g/mol. The molecule has 1 nitrogen and oxygen atoms in total. The van der Waals surface area contributed by atoms with Crippen LogP contribution in [0.3, 0.4) is 0 Å². The summed E-state index contributed by atoms with van der Waals surface area (Å²) in [6.45, 7) is 12.9. The zero-order chi connectivity index (χ0) is 19.2. The third-order valence-corrected chi connectivity index (χ3v) is 5.70. The van der Waals surface area contributed by atoms with Crippen molar-refractivity contribution < 1.29 is 4.79 Å². The smallest absolute Gasteiger partial charge is 0.185 e. The second-order valence-corrected chi connectivity index (χ2v) is 9.98. The molecule has 0 atom stereocenters. The molecule has 0 fully saturated rings. The second kappa shape index (κ2) is 6.37. The fourth-order valence-electron chi connectivity index (χ4n) is 4.07. The summed E-state index contributed by atoms with van der Waals surface area (Å²) in [6, 6.07) is 10.7. The van der Waals surface area contributed by atoms with Crippen molar-refractivity contribution in [2.75, 3.05) is 0 Å². The lowest BCUT2D eigenvalue weighted by Crippen LogP contribution is -2.34. The van der Waals surface area contributed by atoms with E-state index in [9.17, 15) is 4.79 Å². The van der Waals surface area contributed by atoms with Crippen LogP contribution in [0.15, 0.2) is 59.7 Å². The van der Waals surface area contributed by atoms with E-state index in [-0.39, 0.29) is 22.0 Å². The van der Waals surface area contributed by atoms with Crippen LogP contribution >= 0.6 is 0 Å². The third-order valence-electron chi connectivity index (χ3n) is 5.70. The highest BCUT2D eigenvalue weighted by Crippen LogP contribution is 2.49. The first kappa shape index (κ1) is 18.9. The Kier molecular flexibility index (Phi) is 4.63. The maximum atomic E-state index is 13.2. The highest BCUT2D eigenvalue weighted by Gasteiger charge is 2.41. The molecule has 1 aromatic rings. The van der Waals surface area contributed by atoms with Gasteiger partial charge in [0.15, 0.2) is 5.78 Å². The van der Waals surface area contributed by atoms with Gasteiger partial charge < -0.3 is 0 Å². The lowest BCUT2D eigenvalue weighted by atomic mass is 9.62. The highest BCUT2D eigenvalue weighted by atomic mass is 16.1. The molecule has 0 saturated carbocycles. The fraction of sp³-hybridized carbons (Fsp3) is 0.480. The van der Waals surface area contributed by atoms with Gasteiger partial charge in [0.05, 0.1) is 0 Å². The van der Waals surface area contributed by atoms with Crippen LogP contribution in [-0.2, 0) is 4.79 Å². The summed E-state index contributed by atoms with van der Waals surface area (Å²) in [7, 11) is 0. The Morgan fingerprint density at radius 3 is 1.81 bits per heavy atom. The van der Waals surface area contributed by atoms with E-state index in [0.717, 1.165) is 30.4 Å². The van der Waals surface area contributed by atoms with Crippen LogP contribution in [-0.4, -0.2) is 5.78 Å². The van der Waals surface area contributed by atoms with Crippen molar-refractivity contribution in [2.24, 2.45) is 16.2 Å². The molecule has 0 aromatic heterocycles. The lowest BCUT2D eigenvalue weighted by molar-refractivity contribution is -0.114. The summed E-state index contributed by atoms with van der Waals surface area (Å²) >= 11 is 0. The summed E-state index contributed by atoms with van der Waals surface area (Å²) in [5, 5.41) is 0. The van der Waals surface area contributed by atoms with Crippen LogP contribution in [0.5, 0.6) is 0 Å². The Morgan fingerprint density at radius 1 is 0.846 bits per heavy atom. The van der Waals surface area contributed by atoms with Crippen molar-refractivity contribution in [2.45, 2.75) is 60.8 Å². The summed E-state index contributed by atoms with van der Waals surface area (Å²) < 4.78 is 0. The number of Topliss-reactive ketones (excluding diaryl/α,β-unsaturated/α-hetero) is 1. The summed E-state index contributed by atoms with van der Waals surface area (Å²) in [6.07, 6.45) is 10.1. The number of hydrogen-bond donors (Lipinski definition) is 0. The van der Waals surface area contributed by atoms with Gasteiger partial charge in [-0.1, -0.05) is 90.1 Å². The van der Waals surface area contributed by atoms with Crippen LogP contribution in [0.1, 0.15) is 66.4 Å². The molecule has 0 radical (unpaired) electrons. The van der Waals surface area contributed by atoms with Crippen LogP contribution in [0.4, 0.5) is 0 Å². The van der Waals surface area contributed by atoms with E-state index >= 15 is 0 Å². The van der Waals surface area contributed by atoms with Gasteiger partial charge in [0.25, 0.3) is 0 Å². The van der Waals surface area contributed by atoms with Crippen LogP contribution in [0.2, 0.25) is 0 Å². The van der Waals surface area contributed by atoms with E-state index in [1.54, 1.807) is 0 Å². The van der Waals surface area contributed by atoms with Gasteiger partial charge in [0, 0.05) is 16.6 Å². The molecule has 2 aliphatic carbocycles. The van der Waals surface area contributed by atoms with Crippen molar-refractivity contribution in [1.82, 2.24) is 0 Å². The van der Waals surface area contributed by atoms with Crippen LogP contribution < -0.4 is 0 Å². The van der Waals surface area contributed by atoms with E-state index < -0.39 is 0 Å². The largest absolute Gasteiger partial charge is 0.289 e. The van der Waals surface area contributed by atoms with Gasteiger partial charge in [0.2, 0.25) is 0 Å². The Morgan fingerprint density at radius 2 is 1.38 bits per heavy atom. The zero-order valence-corrected chi connectivity index (χ0v) is 17.1. The molecular formula is C25H32O. The predicted octanol–water partition coefficient (Wildman–Crippen LogP) is 6.77. The number of carbonyl (C=O) groups is 1. The fourth-order valence-corrected chi connectivity index (χ4v) is 4.07. The van der Waals surface area contributed by atoms with Gasteiger partial charge in [-0.2, -0.15) is 0 Å². The molecule has 26 heavy (non-hydrogen) atoms. The van der Waals surface area contributed by atoms with Gasteiger partial charge in [-0.15, -0.1) is 0 Å². The SMILES string of the molecule is CC(C)(C)C1=CC2(C=C(C(C)(C)C)C1=O)CC=C(c1ccccc1)CC2. The normalized spacial score (nSPS) is 20.5. The van der Waals surface area contributed by atoms with E-state index in [4.69, 9.17) is 0 Å². The quantitative estimate of drug-likeness (QED) is 0.547. The van der Waals surface area contributed by atoms with E-state index in [1.807, 2.05) is 0 Å². The standard InChI is InChI=1S/C25H32O/c1-23(2,3)20-16-25(17-21(22(20)26)24(4,5)6)14-12-19(13-15-25)18-10-8-7-9-11-18/h7-12,16-17H,13-15H2,1-6H3. The van der Waals surface area contributed by atoms with Gasteiger partial charge in [0.1, 0.15) is 0 Å². The van der Waals surface area contributed by atoms with Crippen molar-refractivity contribution in [3.8, 4) is 0 Å². The molecule has 0 heterocycles. The van der Waals surface area contributed by atoms with Gasteiger partial charge in [-0.3, -0.25) is 4.79 Å². The molecule has 0 bridgehead atoms. The molecule has 1 heteroatoms. The van der Waals surface area contributed by atoms with Crippen molar-refractivity contribution >= 4 is 11.4 Å². The van der Waals surface area contributed by atoms with Gasteiger partial charge in [-0.25, -0.2) is 0 Å². The number of benzene rings is 1. The van der Waals surface area contributed by atoms with Crippen LogP contribution in [0, 0.1) is 16.2 Å². The number of ketones is 1. The van der Waals surface area contributed by atoms with Crippen molar-refractivity contribution in [3.63, 3.8) is 0 Å². The van der Waals surface area contributed by atoms with E-state index in [1.165, 1.54) is 11.1 Å². The molecule has 0 aliphatic heterocycles. The molecule has 3 rings (SSSR count). The van der Waals surface area contributed by atoms with Gasteiger partial charge >= 0.3 is 0 Å². The number of carbonyl (C=O) groups excluding carboxylic acids is 1. The predicted molar refractivity (Wildman–Crippen MR) is 111 cm³/mol. The summed E-state index contributed by atoms with van der Waals surface area (Å²) in [5.74, 6) is 0.244. The van der Waals surface area contributed by atoms with Crippen molar-refractivity contribution in [1.29, 1.82) is 0 Å². The maximum Gasteiger partial charge on any atom is 0.185 e. The summed E-state index contributed by atoms with van der Waals surface area (Å²) in [5.41, 5.74) is 4.47. The second-order valence-electron chi connectivity index (χ2n) is 9.98. The molecule has 0 amide bonds. The summed E-state index contributed by atoms with van der Waals surface area (Å²) in [4.78, 5) is 13.2. The van der Waals surface area contributed by atoms with E-state index in [0.29, 0.717) is 0 Å². The van der Waals surface area contributed by atoms with E-state index in [2.05, 4.69) is 90.1 Å². The first-order chi connectivity index (χ1) is 12.0. The molecular weight excluding hydrogens is 316 g/mol. The first-order valence-corrected chi connectivity index (χ1v) is 9.78. The number of allylic oxidation sites excluding steroid dienone is 6. The Balaban J connectivity index is 2.02. The molecule has 1 aromatic carbocycles. The highest BCUT2D eigenvalue weighted by molar-refractivity contribution is 6.11. The molecule has 2 aliphatic rings. The Bertz CT molecular complexity index is 755.